The van der Waals surface area contributed by atoms with E-state index in [-0.39, 0.29) is 12.2 Å². The highest BCUT2D eigenvalue weighted by Crippen LogP contribution is 2.25. The molecular formula is C21H30ClN5O2. The standard InChI is InChI=1S/C21H30ClN5O2/c1-4-17(29-19-9-7-6-8-18(19)22)13-24-21(23-5-2)27-10-11-28-20(15-27)16-12-25-26(3)14-16/h6-9,12,14,17,20H,4-5,10-11,13,15H2,1-3H3,(H,23,24). The van der Waals surface area contributed by atoms with E-state index < -0.39 is 0 Å². The van der Waals surface area contributed by atoms with Gasteiger partial charge in [0.1, 0.15) is 18.0 Å². The number of aromatic nitrogens is 2. The molecule has 158 valence electrons. The number of halogens is 1. The average molecular weight is 420 g/mol. The first-order valence-electron chi connectivity index (χ1n) is 10.1. The maximum atomic E-state index is 6.23. The molecule has 2 unspecified atom stereocenters. The van der Waals surface area contributed by atoms with E-state index in [1.54, 1.807) is 4.68 Å². The van der Waals surface area contributed by atoms with Crippen molar-refractivity contribution in [2.24, 2.45) is 12.0 Å². The van der Waals surface area contributed by atoms with Crippen LogP contribution in [0.15, 0.2) is 41.7 Å². The second-order valence-corrected chi connectivity index (χ2v) is 7.43. The maximum Gasteiger partial charge on any atom is 0.194 e. The van der Waals surface area contributed by atoms with E-state index >= 15 is 0 Å². The summed E-state index contributed by atoms with van der Waals surface area (Å²) in [5, 5.41) is 8.28. The van der Waals surface area contributed by atoms with Gasteiger partial charge in [0.25, 0.3) is 0 Å². The monoisotopic (exact) mass is 419 g/mol. The lowest BCUT2D eigenvalue weighted by molar-refractivity contribution is -0.00809. The third-order valence-electron chi connectivity index (χ3n) is 4.83. The number of hydrogen-bond acceptors (Lipinski definition) is 4. The number of morpholine rings is 1. The zero-order valence-electron chi connectivity index (χ0n) is 17.3. The zero-order valence-corrected chi connectivity index (χ0v) is 18.1. The van der Waals surface area contributed by atoms with Crippen LogP contribution in [-0.2, 0) is 11.8 Å². The molecule has 0 spiro atoms. The number of guanidine groups is 1. The number of para-hydroxylation sites is 1. The summed E-state index contributed by atoms with van der Waals surface area (Å²) in [7, 11) is 1.92. The molecule has 2 aromatic rings. The van der Waals surface area contributed by atoms with Crippen LogP contribution in [0.4, 0.5) is 0 Å². The van der Waals surface area contributed by atoms with Gasteiger partial charge >= 0.3 is 0 Å². The summed E-state index contributed by atoms with van der Waals surface area (Å²) in [5.41, 5.74) is 1.08. The van der Waals surface area contributed by atoms with Crippen molar-refractivity contribution < 1.29 is 9.47 Å². The van der Waals surface area contributed by atoms with Crippen LogP contribution < -0.4 is 10.1 Å². The summed E-state index contributed by atoms with van der Waals surface area (Å²) in [6.07, 6.45) is 4.66. The summed E-state index contributed by atoms with van der Waals surface area (Å²) in [6, 6.07) is 7.55. The van der Waals surface area contributed by atoms with Crippen molar-refractivity contribution in [1.82, 2.24) is 20.0 Å². The molecule has 1 fully saturated rings. The van der Waals surface area contributed by atoms with E-state index in [2.05, 4.69) is 29.2 Å². The molecule has 1 aliphatic rings. The number of aliphatic imine (C=N–C) groups is 1. The van der Waals surface area contributed by atoms with E-state index in [0.717, 1.165) is 37.6 Å². The van der Waals surface area contributed by atoms with Crippen molar-refractivity contribution in [3.05, 3.63) is 47.2 Å². The molecule has 0 amide bonds. The van der Waals surface area contributed by atoms with Gasteiger partial charge in [0.2, 0.25) is 0 Å². The van der Waals surface area contributed by atoms with Crippen LogP contribution in [0.5, 0.6) is 5.75 Å². The van der Waals surface area contributed by atoms with Gasteiger partial charge in [0.05, 0.1) is 30.9 Å². The predicted molar refractivity (Wildman–Crippen MR) is 116 cm³/mol. The minimum Gasteiger partial charge on any atom is -0.487 e. The van der Waals surface area contributed by atoms with Gasteiger partial charge in [-0.25, -0.2) is 4.99 Å². The molecule has 1 saturated heterocycles. The molecule has 29 heavy (non-hydrogen) atoms. The number of nitrogens with zero attached hydrogens (tertiary/aromatic N) is 4. The van der Waals surface area contributed by atoms with Crippen molar-refractivity contribution in [2.45, 2.75) is 32.5 Å². The molecule has 0 saturated carbocycles. The van der Waals surface area contributed by atoms with E-state index in [9.17, 15) is 0 Å². The molecule has 1 aromatic carbocycles. The third kappa shape index (κ3) is 5.87. The molecule has 3 rings (SSSR count). The zero-order chi connectivity index (χ0) is 20.6. The lowest BCUT2D eigenvalue weighted by atomic mass is 10.1. The topological polar surface area (TPSA) is 63.9 Å². The van der Waals surface area contributed by atoms with Crippen molar-refractivity contribution >= 4 is 17.6 Å². The quantitative estimate of drug-likeness (QED) is 0.551. The molecule has 0 radical (unpaired) electrons. The first kappa shape index (κ1) is 21.5. The molecule has 0 bridgehead atoms. The Kier molecular flexibility index (Phi) is 7.77. The minimum absolute atomic E-state index is 0.0114. The molecular weight excluding hydrogens is 390 g/mol. The van der Waals surface area contributed by atoms with Crippen LogP contribution in [0, 0.1) is 0 Å². The number of benzene rings is 1. The number of hydrogen-bond donors (Lipinski definition) is 1. The maximum absolute atomic E-state index is 6.23. The van der Waals surface area contributed by atoms with Crippen molar-refractivity contribution in [3.8, 4) is 5.75 Å². The van der Waals surface area contributed by atoms with Gasteiger partial charge in [-0.2, -0.15) is 5.10 Å². The molecule has 1 aromatic heterocycles. The van der Waals surface area contributed by atoms with Crippen molar-refractivity contribution in [3.63, 3.8) is 0 Å². The lowest BCUT2D eigenvalue weighted by Crippen LogP contribution is -2.48. The summed E-state index contributed by atoms with van der Waals surface area (Å²) >= 11 is 6.23. The number of ether oxygens (including phenoxy) is 2. The molecule has 7 nitrogen and oxygen atoms in total. The normalized spacial score (nSPS) is 18.6. The Morgan fingerprint density at radius 3 is 2.93 bits per heavy atom. The van der Waals surface area contributed by atoms with E-state index in [1.807, 2.05) is 43.7 Å². The Bertz CT molecular complexity index is 810. The van der Waals surface area contributed by atoms with Crippen LogP contribution in [0.3, 0.4) is 0 Å². The molecule has 0 aliphatic carbocycles. The van der Waals surface area contributed by atoms with Crippen LogP contribution >= 0.6 is 11.6 Å². The molecule has 1 N–H and O–H groups in total. The van der Waals surface area contributed by atoms with Gasteiger partial charge in [0, 0.05) is 31.9 Å². The Hall–Kier alpha value is -2.25. The number of rotatable bonds is 7. The molecule has 1 aliphatic heterocycles. The predicted octanol–water partition coefficient (Wildman–Crippen LogP) is 3.27. The summed E-state index contributed by atoms with van der Waals surface area (Å²) < 4.78 is 13.8. The highest BCUT2D eigenvalue weighted by atomic mass is 35.5. The van der Waals surface area contributed by atoms with Crippen LogP contribution in [0.25, 0.3) is 0 Å². The minimum atomic E-state index is -0.0429. The number of nitrogens with one attached hydrogen (secondary N) is 1. The van der Waals surface area contributed by atoms with Gasteiger partial charge in [-0.1, -0.05) is 30.7 Å². The SMILES string of the molecule is CCNC(=NCC(CC)Oc1ccccc1Cl)N1CCOC(c2cnn(C)c2)C1. The highest BCUT2D eigenvalue weighted by Gasteiger charge is 2.25. The summed E-state index contributed by atoms with van der Waals surface area (Å²) in [5.74, 6) is 1.58. The molecule has 8 heteroatoms. The van der Waals surface area contributed by atoms with E-state index in [1.165, 1.54) is 0 Å². The Morgan fingerprint density at radius 2 is 2.24 bits per heavy atom. The smallest absolute Gasteiger partial charge is 0.194 e. The van der Waals surface area contributed by atoms with Crippen molar-refractivity contribution in [1.29, 1.82) is 0 Å². The number of aryl methyl sites for hydroxylation is 1. The van der Waals surface area contributed by atoms with E-state index in [4.69, 9.17) is 26.1 Å². The first-order valence-corrected chi connectivity index (χ1v) is 10.5. The third-order valence-corrected chi connectivity index (χ3v) is 5.14. The Labute approximate surface area is 177 Å². The molecule has 2 heterocycles. The fourth-order valence-electron chi connectivity index (χ4n) is 3.23. The van der Waals surface area contributed by atoms with Crippen LogP contribution in [0.2, 0.25) is 5.02 Å². The largest absolute Gasteiger partial charge is 0.487 e. The van der Waals surface area contributed by atoms with Gasteiger partial charge in [-0.15, -0.1) is 0 Å². The lowest BCUT2D eigenvalue weighted by Gasteiger charge is -2.35. The van der Waals surface area contributed by atoms with Crippen LogP contribution in [-0.4, -0.2) is 59.5 Å². The van der Waals surface area contributed by atoms with Gasteiger partial charge in [-0.3, -0.25) is 4.68 Å². The van der Waals surface area contributed by atoms with Gasteiger partial charge in [-0.05, 0) is 25.5 Å². The molecule has 2 atom stereocenters. The fourth-order valence-corrected chi connectivity index (χ4v) is 3.41. The van der Waals surface area contributed by atoms with Crippen LogP contribution in [0.1, 0.15) is 31.9 Å². The van der Waals surface area contributed by atoms with Gasteiger partial charge < -0.3 is 19.7 Å². The highest BCUT2D eigenvalue weighted by molar-refractivity contribution is 6.32. The summed E-state index contributed by atoms with van der Waals surface area (Å²) in [4.78, 5) is 7.10. The average Bonchev–Trinajstić information content (AvgIpc) is 3.18. The summed E-state index contributed by atoms with van der Waals surface area (Å²) in [6.45, 7) is 7.71. The Balaban J connectivity index is 1.67. The van der Waals surface area contributed by atoms with Gasteiger partial charge in [0.15, 0.2) is 5.96 Å². The first-order chi connectivity index (χ1) is 14.1. The Morgan fingerprint density at radius 1 is 1.41 bits per heavy atom. The van der Waals surface area contributed by atoms with E-state index in [0.29, 0.717) is 23.9 Å². The van der Waals surface area contributed by atoms with Crippen molar-refractivity contribution in [2.75, 3.05) is 32.8 Å². The second-order valence-electron chi connectivity index (χ2n) is 7.03. The fraction of sp³-hybridized carbons (Fsp3) is 0.524. The second kappa shape index (κ2) is 10.5.